The number of amides is 17. The van der Waals surface area contributed by atoms with E-state index in [1.165, 1.54) is 62.2 Å². The third-order valence-corrected chi connectivity index (χ3v) is 26.5. The van der Waals surface area contributed by atoms with E-state index < -0.39 is 241 Å². The van der Waals surface area contributed by atoms with E-state index in [2.05, 4.69) is 78.8 Å². The number of nitrogens with one attached hydrogen (secondary N) is 15. The van der Waals surface area contributed by atoms with Crippen molar-refractivity contribution < 1.29 is 96.8 Å². The number of nitrogens with zero attached hydrogens (tertiary/aromatic N) is 5. The van der Waals surface area contributed by atoms with E-state index in [0.717, 1.165) is 36.1 Å². The molecule has 0 radical (unpaired) electrons. The molecule has 3 aliphatic heterocycles. The number of para-hydroxylation sites is 1. The highest BCUT2D eigenvalue weighted by Crippen LogP contribution is 2.37. The molecule has 3 saturated heterocycles. The minimum Gasteiger partial charge on any atom is -0.508 e. The van der Waals surface area contributed by atoms with Crippen molar-refractivity contribution in [2.75, 3.05) is 58.4 Å². The van der Waals surface area contributed by atoms with Crippen LogP contribution in [-0.2, 0) is 107 Å². The monoisotopic (exact) mass is 1920 g/mol. The first-order chi connectivity index (χ1) is 64.9. The van der Waals surface area contributed by atoms with Crippen LogP contribution in [0.25, 0.3) is 21.0 Å². The van der Waals surface area contributed by atoms with Crippen molar-refractivity contribution in [1.82, 2.24) is 98.4 Å². The Morgan fingerprint density at radius 2 is 1.20 bits per heavy atom. The van der Waals surface area contributed by atoms with Crippen molar-refractivity contribution >= 4 is 150 Å². The second-order valence-corrected chi connectivity index (χ2v) is 37.2. The predicted octanol–water partition coefficient (Wildman–Crippen LogP) is -2.39. The number of likely N-dealkylation sites (N-methyl/N-ethyl adjacent to an activating group) is 2. The first-order valence-corrected chi connectivity index (χ1v) is 47.7. The van der Waals surface area contributed by atoms with Gasteiger partial charge >= 0.3 is 0 Å². The number of aromatic hydroxyl groups is 1. The third-order valence-electron chi connectivity index (χ3n) is 24.4. The minimum absolute atomic E-state index is 0.00379. The number of nitrogens with two attached hydrogens (primary N) is 3. The topological polar surface area (TPSA) is 655 Å². The molecule has 0 bridgehead atoms. The summed E-state index contributed by atoms with van der Waals surface area (Å²) >= 11 is 2.11. The number of phenols is 1. The number of primary amides is 2. The number of aromatic amines is 2. The number of hydrogen-bond donors (Lipinski definition) is 21. The van der Waals surface area contributed by atoms with Crippen LogP contribution in [0.1, 0.15) is 146 Å². The highest BCUT2D eigenvalue weighted by Gasteiger charge is 2.54. The van der Waals surface area contributed by atoms with E-state index >= 15 is 38.4 Å². The Hall–Kier alpha value is -13.3. The van der Waals surface area contributed by atoms with Crippen LogP contribution in [0.3, 0.4) is 0 Å². The number of thioether (sulfide) groups is 1. The number of imidazole rings is 1. The Bertz CT molecular complexity index is 5300. The van der Waals surface area contributed by atoms with Gasteiger partial charge in [0.25, 0.3) is 0 Å². The average molecular weight is 1930 g/mol. The lowest BCUT2D eigenvalue weighted by atomic mass is 10.00. The average Bonchev–Trinajstić information content (AvgIpc) is 1.62. The number of benzene rings is 3. The van der Waals surface area contributed by atoms with Gasteiger partial charge in [0.15, 0.2) is 5.96 Å². The van der Waals surface area contributed by atoms with Gasteiger partial charge in [0.1, 0.15) is 89.8 Å². The van der Waals surface area contributed by atoms with E-state index in [9.17, 15) is 58.5 Å². The summed E-state index contributed by atoms with van der Waals surface area (Å²) in [7, 11) is 2.70. The van der Waals surface area contributed by atoms with Gasteiger partial charge in [0, 0.05) is 99.6 Å². The maximum atomic E-state index is 15.8. The Morgan fingerprint density at radius 1 is 0.596 bits per heavy atom. The van der Waals surface area contributed by atoms with Crippen molar-refractivity contribution in [3.63, 3.8) is 0 Å². The lowest BCUT2D eigenvalue weighted by Crippen LogP contribution is -2.62. The summed E-state index contributed by atoms with van der Waals surface area (Å²) in [5.74, 6) is -17.9. The van der Waals surface area contributed by atoms with E-state index in [1.807, 2.05) is 32.0 Å². The summed E-state index contributed by atoms with van der Waals surface area (Å²) in [4.78, 5) is 266. The van der Waals surface area contributed by atoms with Gasteiger partial charge in [-0.1, -0.05) is 102 Å². The molecule has 136 heavy (non-hydrogen) atoms. The molecule has 45 heteroatoms. The van der Waals surface area contributed by atoms with Gasteiger partial charge in [-0.3, -0.25) is 86.9 Å². The normalized spacial score (nSPS) is 24.7. The van der Waals surface area contributed by atoms with Crippen LogP contribution in [0.4, 0.5) is 0 Å². The zero-order valence-electron chi connectivity index (χ0n) is 76.8. The molecular weight excluding hydrogens is 1800 g/mol. The van der Waals surface area contributed by atoms with Crippen LogP contribution in [0.15, 0.2) is 96.9 Å². The number of aliphatic hydroxyl groups is 2. The first-order valence-electron chi connectivity index (χ1n) is 45.6. The molecule has 736 valence electrons. The van der Waals surface area contributed by atoms with Crippen molar-refractivity contribution in [3.8, 4) is 5.75 Å². The number of carbonyl (C=O) groups excluding carboxylic acids is 17. The fourth-order valence-corrected chi connectivity index (χ4v) is 18.8. The number of unbranched alkanes of at least 4 members (excludes halogenated alkanes) is 2. The fourth-order valence-electron chi connectivity index (χ4n) is 16.9. The lowest BCUT2D eigenvalue weighted by molar-refractivity contribution is -0.149. The Kier molecular flexibility index (Phi) is 38.0. The molecule has 14 atom stereocenters. The van der Waals surface area contributed by atoms with E-state index in [4.69, 9.17) is 22.6 Å². The highest BCUT2D eigenvalue weighted by atomic mass is 32.2. The second kappa shape index (κ2) is 49.3. The van der Waals surface area contributed by atoms with Gasteiger partial charge in [-0.05, 0) is 115 Å². The number of fused-ring (bicyclic) bond motifs is 4. The number of hydrogen-bond acceptors (Lipinski definition) is 24. The Balaban J connectivity index is 1.02. The molecule has 1 saturated carbocycles. The quantitative estimate of drug-likeness (QED) is 0.0153. The summed E-state index contributed by atoms with van der Waals surface area (Å²) in [6, 6.07) is -0.444. The Morgan fingerprint density at radius 3 is 1.85 bits per heavy atom. The van der Waals surface area contributed by atoms with Crippen LogP contribution in [0.2, 0.25) is 0 Å². The highest BCUT2D eigenvalue weighted by molar-refractivity contribution is 8.00. The zero-order chi connectivity index (χ0) is 98.8. The maximum absolute atomic E-state index is 15.8. The summed E-state index contributed by atoms with van der Waals surface area (Å²) in [6.45, 7) is 4.77. The van der Waals surface area contributed by atoms with Crippen molar-refractivity contribution in [1.29, 1.82) is 5.41 Å². The van der Waals surface area contributed by atoms with Crippen LogP contribution in [0.5, 0.6) is 5.75 Å². The second-order valence-electron chi connectivity index (χ2n) is 35.3. The summed E-state index contributed by atoms with van der Waals surface area (Å²) in [5, 5.41) is 75.8. The molecule has 43 nitrogen and oxygen atoms in total. The summed E-state index contributed by atoms with van der Waals surface area (Å²) in [6.07, 6.45) is 2.14. The molecule has 4 fully saturated rings. The molecule has 4 aliphatic rings. The fraction of sp³-hybridized carbons (Fsp3) is 0.527. The van der Waals surface area contributed by atoms with Crippen LogP contribution in [0, 0.1) is 11.3 Å². The van der Waals surface area contributed by atoms with Crippen molar-refractivity contribution in [2.24, 2.45) is 23.1 Å². The summed E-state index contributed by atoms with van der Waals surface area (Å²) in [5.41, 5.74) is 17.4. The van der Waals surface area contributed by atoms with Crippen LogP contribution >= 0.6 is 23.1 Å². The first kappa shape index (κ1) is 105. The van der Waals surface area contributed by atoms with Crippen LogP contribution in [-0.4, -0.2) is 305 Å². The molecule has 24 N–H and O–H groups in total. The molecule has 6 heterocycles. The number of thiophene rings is 1. The molecule has 10 rings (SSSR count). The van der Waals surface area contributed by atoms with Crippen molar-refractivity contribution in [2.45, 2.75) is 240 Å². The lowest BCUT2D eigenvalue weighted by Gasteiger charge is -2.36. The molecule has 3 aromatic carbocycles. The van der Waals surface area contributed by atoms with Gasteiger partial charge in [0.05, 0.1) is 43.5 Å². The third kappa shape index (κ3) is 28.6. The molecule has 3 aromatic heterocycles. The Labute approximate surface area is 793 Å². The number of H-pyrrole nitrogens is 2. The number of carbonyl (C=O) groups is 17. The van der Waals surface area contributed by atoms with E-state index in [1.54, 1.807) is 55.8 Å². The van der Waals surface area contributed by atoms with Gasteiger partial charge < -0.3 is 126 Å². The van der Waals surface area contributed by atoms with E-state index in [-0.39, 0.29) is 114 Å². The minimum atomic E-state index is -1.88. The molecule has 1 aliphatic carbocycles. The number of phenolic OH excluding ortho intramolecular Hbond substituents is 1. The largest absolute Gasteiger partial charge is 0.508 e. The number of aromatic nitrogens is 3. The van der Waals surface area contributed by atoms with Gasteiger partial charge in [-0.25, -0.2) is 4.98 Å². The maximum Gasteiger partial charge on any atom is 0.246 e. The smallest absolute Gasteiger partial charge is 0.246 e. The van der Waals surface area contributed by atoms with Gasteiger partial charge in [-0.2, -0.15) is 0 Å². The molecule has 1 spiro atoms. The standard InChI is InChI=1S/C91H125N23O20S2/c1-7-9-21-68-82(127)102-59(20-15-31-97-90(94)95)77(122)108-67(76(121)99-42-74(93)119)46-135-47-75(120)101-60(34-50-25-27-54(116)28-26-50)81(126)110-91(29-30-91)89(134)109-65(39-73(92)118)86(131)113-32-16-23-69(113)83(128)104-62(37-53-41-96-48-100-53)79(124)105-63(33-49(3)4)87(132)114-43-55(117)38-71(114)84(129)103-61(35-51-40-98-58-19-13-11-17-56(51)58)78(123)107-66(44-115)80(125)106-64(36-52-45-136-72-24-14-12-18-57(52)72)85(130)112(6)70(22-10-8-2)88(133)111(68)5/h11-14,17-19,24-28,40-41,45,48-49,55,59-71,98,115-117H,7-10,15-16,20-23,29-39,42-44,46-47H2,1-6H3,(H2,92,118)(H2,93,119)(H,96,100)(H,99,121)(H,101,120)(H,102,127)(H,103,129)(H,104,128)(H,105,124)(H,106,125)(H,107,123)(H,108,122)(H,109,134)(H,110,126)(H4,94,95,97)/t55-,59+,60?,61+,62+,63+,64+,65+,66+,67?,68+,69+,70+,71+/m1/s1. The molecule has 2 unspecified atom stereocenters. The predicted molar refractivity (Wildman–Crippen MR) is 501 cm³/mol. The van der Waals surface area contributed by atoms with Crippen molar-refractivity contribution in [3.05, 3.63) is 119 Å². The molecule has 17 amide bonds. The van der Waals surface area contributed by atoms with E-state index in [0.29, 0.717) is 58.7 Å². The molecule has 6 aromatic rings. The summed E-state index contributed by atoms with van der Waals surface area (Å²) < 4.78 is 0.812. The van der Waals surface area contributed by atoms with Crippen LogP contribution < -0.4 is 81.0 Å². The number of rotatable bonds is 26. The van der Waals surface area contributed by atoms with Gasteiger partial charge in [-0.15, -0.1) is 23.1 Å². The van der Waals surface area contributed by atoms with Gasteiger partial charge in [0.2, 0.25) is 100 Å². The zero-order valence-corrected chi connectivity index (χ0v) is 78.5. The SMILES string of the molecule is CCCC[C@H]1C(=O)N(C)[C@@H](CCCC)C(=O)N[C@@H](CCCNC(=N)N)C(=O)NC(C(=O)NCC(N)=O)CSCC(=O)NC(Cc2ccc(O)cc2)C(=O)NC2(CC2)C(=O)N[C@@H](CC(N)=O)C(=O)N2CCC[C@H]2C(=O)N[C@@H](Cc2c[nH]cn2)C(=O)N[C@@H](CC(C)C)C(=O)N2C[C@H](O)C[C@H]2C(=O)N[C@@H](Cc2c[nH]c3ccccc23)C(=O)N[C@@H](CO)C(=O)N[C@@H](Cc2csc3ccccc23)C(=O)N1C. The number of aliphatic hydroxyl groups excluding tert-OH is 2. The molecular formula is C91H125N23O20S2. The number of guanidine groups is 1.